The van der Waals surface area contributed by atoms with Gasteiger partial charge in [-0.05, 0) is 29.8 Å². The molecule has 0 fully saturated rings. The molecule has 0 aliphatic heterocycles. The number of nitrogens with one attached hydrogen (secondary N) is 1. The van der Waals surface area contributed by atoms with Gasteiger partial charge >= 0.3 is 5.97 Å². The van der Waals surface area contributed by atoms with Crippen LogP contribution in [0.4, 0.5) is 10.1 Å². The highest BCUT2D eigenvalue weighted by atomic mass is 32.2. The highest BCUT2D eigenvalue weighted by molar-refractivity contribution is 7.84. The second-order valence-electron chi connectivity index (χ2n) is 4.76. The van der Waals surface area contributed by atoms with Crippen molar-refractivity contribution < 1.29 is 23.3 Å². The lowest BCUT2D eigenvalue weighted by molar-refractivity contribution is -0.113. The van der Waals surface area contributed by atoms with E-state index in [1.165, 1.54) is 30.3 Å². The maximum absolute atomic E-state index is 13.4. The van der Waals surface area contributed by atoms with Crippen LogP contribution in [0.15, 0.2) is 48.5 Å². The summed E-state index contributed by atoms with van der Waals surface area (Å²) in [6.07, 6.45) is 0. The average molecular weight is 335 g/mol. The second-order valence-corrected chi connectivity index (χ2v) is 6.22. The SMILES string of the molecule is O=C(CS(=O)Cc1cccc(C(=O)O)c1)Nc1ccccc1F. The Morgan fingerprint density at radius 3 is 2.57 bits per heavy atom. The first-order valence-corrected chi connectivity index (χ1v) is 8.16. The molecular formula is C16H14FNO4S. The van der Waals surface area contributed by atoms with E-state index in [2.05, 4.69) is 5.32 Å². The largest absolute Gasteiger partial charge is 0.478 e. The average Bonchev–Trinajstić information content (AvgIpc) is 2.49. The molecule has 1 atom stereocenters. The lowest BCUT2D eigenvalue weighted by atomic mass is 10.1. The van der Waals surface area contributed by atoms with E-state index < -0.39 is 28.5 Å². The number of carbonyl (C=O) groups excluding carboxylic acids is 1. The quantitative estimate of drug-likeness (QED) is 0.849. The highest BCUT2D eigenvalue weighted by Gasteiger charge is 2.12. The molecule has 0 aliphatic rings. The van der Waals surface area contributed by atoms with Gasteiger partial charge in [0, 0.05) is 16.6 Å². The number of benzene rings is 2. The Kier molecular flexibility index (Phi) is 5.59. The molecule has 0 heterocycles. The van der Waals surface area contributed by atoms with Crippen molar-refractivity contribution in [3.63, 3.8) is 0 Å². The van der Waals surface area contributed by atoms with Crippen molar-refractivity contribution in [1.29, 1.82) is 0 Å². The number of aromatic carboxylic acids is 1. The molecule has 23 heavy (non-hydrogen) atoms. The summed E-state index contributed by atoms with van der Waals surface area (Å²) in [5, 5.41) is 11.3. The van der Waals surface area contributed by atoms with Gasteiger partial charge in [-0.1, -0.05) is 24.3 Å². The summed E-state index contributed by atoms with van der Waals surface area (Å²) in [7, 11) is -1.53. The minimum absolute atomic E-state index is 0.0300. The number of hydrogen-bond donors (Lipinski definition) is 2. The Balaban J connectivity index is 1.94. The number of carboxylic acid groups (broad SMARTS) is 1. The molecule has 0 radical (unpaired) electrons. The molecule has 120 valence electrons. The van der Waals surface area contributed by atoms with Gasteiger partial charge in [-0.25, -0.2) is 9.18 Å². The van der Waals surface area contributed by atoms with Crippen molar-refractivity contribution >= 4 is 28.4 Å². The molecule has 0 spiro atoms. The normalized spacial score (nSPS) is 11.7. The predicted octanol–water partition coefficient (Wildman–Crippen LogP) is 2.41. The standard InChI is InChI=1S/C16H14FNO4S/c17-13-6-1-2-7-14(13)18-15(19)10-23(22)9-11-4-3-5-12(8-11)16(20)21/h1-8H,9-10H2,(H,18,19)(H,20,21). The molecule has 0 bridgehead atoms. The summed E-state index contributed by atoms with van der Waals surface area (Å²) in [4.78, 5) is 22.7. The molecule has 0 aromatic heterocycles. The molecule has 7 heteroatoms. The minimum Gasteiger partial charge on any atom is -0.478 e. The lowest BCUT2D eigenvalue weighted by Crippen LogP contribution is -2.20. The number of carbonyl (C=O) groups is 2. The van der Waals surface area contributed by atoms with Crippen molar-refractivity contribution in [3.05, 3.63) is 65.5 Å². The highest BCUT2D eigenvalue weighted by Crippen LogP contribution is 2.13. The number of rotatable bonds is 6. The summed E-state index contributed by atoms with van der Waals surface area (Å²) >= 11 is 0. The van der Waals surface area contributed by atoms with Gasteiger partial charge in [-0.2, -0.15) is 0 Å². The van der Waals surface area contributed by atoms with Gasteiger partial charge in [-0.3, -0.25) is 9.00 Å². The molecule has 2 aromatic rings. The Hall–Kier alpha value is -2.54. The van der Waals surface area contributed by atoms with E-state index in [4.69, 9.17) is 5.11 Å². The van der Waals surface area contributed by atoms with Crippen LogP contribution in [0, 0.1) is 5.82 Å². The van der Waals surface area contributed by atoms with Crippen molar-refractivity contribution in [2.75, 3.05) is 11.1 Å². The van der Waals surface area contributed by atoms with Gasteiger partial charge in [0.15, 0.2) is 0 Å². The summed E-state index contributed by atoms with van der Waals surface area (Å²) in [5.41, 5.74) is 0.680. The first-order chi connectivity index (χ1) is 11.0. The third-order valence-corrected chi connectivity index (χ3v) is 4.18. The van der Waals surface area contributed by atoms with E-state index in [9.17, 15) is 18.2 Å². The second kappa shape index (κ2) is 7.64. The van der Waals surface area contributed by atoms with E-state index in [-0.39, 0.29) is 22.8 Å². The molecule has 5 nitrogen and oxygen atoms in total. The van der Waals surface area contributed by atoms with Gasteiger partial charge in [0.1, 0.15) is 11.6 Å². The molecule has 2 N–H and O–H groups in total. The monoisotopic (exact) mass is 335 g/mol. The molecule has 0 saturated heterocycles. The number of hydrogen-bond acceptors (Lipinski definition) is 3. The first kappa shape index (κ1) is 16.8. The molecule has 0 aliphatic carbocycles. The zero-order chi connectivity index (χ0) is 16.8. The third kappa shape index (κ3) is 5.00. The fourth-order valence-electron chi connectivity index (χ4n) is 1.93. The molecule has 0 saturated carbocycles. The van der Waals surface area contributed by atoms with Crippen molar-refractivity contribution in [3.8, 4) is 0 Å². The van der Waals surface area contributed by atoms with Crippen molar-refractivity contribution in [2.45, 2.75) is 5.75 Å². The minimum atomic E-state index is -1.53. The fraction of sp³-hybridized carbons (Fsp3) is 0.125. The van der Waals surface area contributed by atoms with E-state index in [0.29, 0.717) is 5.56 Å². The van der Waals surface area contributed by atoms with Crippen LogP contribution in [-0.4, -0.2) is 26.9 Å². The van der Waals surface area contributed by atoms with Crippen LogP contribution in [-0.2, 0) is 21.3 Å². The first-order valence-electron chi connectivity index (χ1n) is 6.67. The molecule has 2 aromatic carbocycles. The molecule has 1 unspecified atom stereocenters. The Morgan fingerprint density at radius 1 is 1.13 bits per heavy atom. The summed E-state index contributed by atoms with van der Waals surface area (Å²) in [5.74, 6) is -2.46. The number of halogens is 1. The predicted molar refractivity (Wildman–Crippen MR) is 85.1 cm³/mol. The summed E-state index contributed by atoms with van der Waals surface area (Å²) in [6, 6.07) is 11.7. The topological polar surface area (TPSA) is 83.5 Å². The van der Waals surface area contributed by atoms with Crippen LogP contribution in [0.2, 0.25) is 0 Å². The lowest BCUT2D eigenvalue weighted by Gasteiger charge is -2.07. The maximum Gasteiger partial charge on any atom is 0.335 e. The van der Waals surface area contributed by atoms with Crippen LogP contribution >= 0.6 is 0 Å². The van der Waals surface area contributed by atoms with Gasteiger partial charge in [0.2, 0.25) is 5.91 Å². The smallest absolute Gasteiger partial charge is 0.335 e. The Labute approximate surface area is 134 Å². The number of carboxylic acids is 1. The van der Waals surface area contributed by atoms with Crippen LogP contribution in [0.1, 0.15) is 15.9 Å². The van der Waals surface area contributed by atoms with Gasteiger partial charge in [-0.15, -0.1) is 0 Å². The third-order valence-electron chi connectivity index (χ3n) is 2.94. The van der Waals surface area contributed by atoms with Gasteiger partial charge in [0.25, 0.3) is 0 Å². The zero-order valence-corrected chi connectivity index (χ0v) is 12.8. The molecule has 1 amide bonds. The van der Waals surface area contributed by atoms with Gasteiger partial charge < -0.3 is 10.4 Å². The summed E-state index contributed by atoms with van der Waals surface area (Å²) < 4.78 is 25.4. The maximum atomic E-state index is 13.4. The fourth-order valence-corrected chi connectivity index (χ4v) is 2.94. The number of para-hydroxylation sites is 1. The van der Waals surface area contributed by atoms with Crippen LogP contribution in [0.25, 0.3) is 0 Å². The molecular weight excluding hydrogens is 321 g/mol. The van der Waals surface area contributed by atoms with Crippen LogP contribution < -0.4 is 5.32 Å². The number of amides is 1. The summed E-state index contributed by atoms with van der Waals surface area (Å²) in [6.45, 7) is 0. The van der Waals surface area contributed by atoms with E-state index >= 15 is 0 Å². The van der Waals surface area contributed by atoms with E-state index in [0.717, 1.165) is 0 Å². The van der Waals surface area contributed by atoms with Crippen LogP contribution in [0.3, 0.4) is 0 Å². The van der Waals surface area contributed by atoms with Crippen molar-refractivity contribution in [1.82, 2.24) is 0 Å². The van der Waals surface area contributed by atoms with Crippen LogP contribution in [0.5, 0.6) is 0 Å². The van der Waals surface area contributed by atoms with Gasteiger partial charge in [0.05, 0.1) is 11.3 Å². The van der Waals surface area contributed by atoms with E-state index in [1.807, 2.05) is 0 Å². The Morgan fingerprint density at radius 2 is 1.87 bits per heavy atom. The Bertz CT molecular complexity index is 763. The van der Waals surface area contributed by atoms with E-state index in [1.54, 1.807) is 18.2 Å². The van der Waals surface area contributed by atoms with Crippen molar-refractivity contribution in [2.24, 2.45) is 0 Å². The zero-order valence-electron chi connectivity index (χ0n) is 12.0. The molecule has 2 rings (SSSR count). The number of anilines is 1.